The number of hydrogen-bond acceptors (Lipinski definition) is 6. The van der Waals surface area contributed by atoms with Crippen molar-refractivity contribution < 1.29 is 4.79 Å². The molecule has 6 nitrogen and oxygen atoms in total. The van der Waals surface area contributed by atoms with E-state index in [4.69, 9.17) is 25.2 Å². The lowest BCUT2D eigenvalue weighted by Crippen LogP contribution is -2.17. The van der Waals surface area contributed by atoms with E-state index in [-0.39, 0.29) is 16.5 Å². The largest absolute Gasteiger partial charge is 0.365 e. The van der Waals surface area contributed by atoms with Crippen LogP contribution in [0.1, 0.15) is 10.4 Å². The Morgan fingerprint density at radius 2 is 2.20 bits per heavy atom. The number of nitrogens with one attached hydrogen (secondary N) is 1. The average molecular weight is 306 g/mol. The van der Waals surface area contributed by atoms with Crippen LogP contribution >= 0.6 is 23.4 Å². The summed E-state index contributed by atoms with van der Waals surface area (Å²) in [6.07, 6.45) is 4.83. The fourth-order valence-electron chi connectivity index (χ4n) is 1.48. The number of aromatic nitrogens is 3. The van der Waals surface area contributed by atoms with Crippen LogP contribution in [-0.4, -0.2) is 35.0 Å². The fourth-order valence-corrected chi connectivity index (χ4v) is 2.15. The molecule has 0 aliphatic heterocycles. The number of halogens is 1. The molecule has 2 radical (unpaired) electrons. The highest BCUT2D eigenvalue weighted by molar-refractivity contribution is 7.98. The topological polar surface area (TPSA) is 93.8 Å². The Bertz CT molecular complexity index is 669. The maximum atomic E-state index is 11.5. The Morgan fingerprint density at radius 1 is 1.45 bits per heavy atom. The third-order valence-electron chi connectivity index (χ3n) is 2.30. The number of carbonyl (C=O) groups is 1. The summed E-state index contributed by atoms with van der Waals surface area (Å²) >= 11 is 7.25. The average Bonchev–Trinajstić information content (AvgIpc) is 2.37. The first-order valence-corrected chi connectivity index (χ1v) is 7.00. The third-order valence-corrected chi connectivity index (χ3v) is 3.12. The zero-order valence-electron chi connectivity index (χ0n) is 10.4. The van der Waals surface area contributed by atoms with E-state index >= 15 is 0 Å². The van der Waals surface area contributed by atoms with Gasteiger partial charge in [-0.25, -0.2) is 9.97 Å². The monoisotopic (exact) mass is 305 g/mol. The Hall–Kier alpha value is -1.80. The number of primary amides is 1. The predicted molar refractivity (Wildman–Crippen MR) is 80.2 cm³/mol. The molecule has 20 heavy (non-hydrogen) atoms. The van der Waals surface area contributed by atoms with Crippen LogP contribution in [0.4, 0.5) is 11.5 Å². The van der Waals surface area contributed by atoms with Crippen molar-refractivity contribution in [2.45, 2.75) is 5.16 Å². The number of carbonyl (C=O) groups excluding carboxylic acids is 1. The van der Waals surface area contributed by atoms with E-state index in [2.05, 4.69) is 20.3 Å². The van der Waals surface area contributed by atoms with Gasteiger partial charge in [0.05, 0.1) is 11.9 Å². The molecule has 100 valence electrons. The highest BCUT2D eigenvalue weighted by Gasteiger charge is 2.18. The number of hydrogen-bond donors (Lipinski definition) is 2. The highest BCUT2D eigenvalue weighted by atomic mass is 35.5. The summed E-state index contributed by atoms with van der Waals surface area (Å²) < 4.78 is 0. The van der Waals surface area contributed by atoms with Crippen molar-refractivity contribution in [1.82, 2.24) is 15.0 Å². The summed E-state index contributed by atoms with van der Waals surface area (Å²) in [6.45, 7) is 0. The molecule has 0 aliphatic carbocycles. The summed E-state index contributed by atoms with van der Waals surface area (Å²) in [7, 11) is 5.64. The van der Waals surface area contributed by atoms with Gasteiger partial charge in [-0.3, -0.25) is 9.78 Å². The second-order valence-electron chi connectivity index (χ2n) is 3.72. The summed E-state index contributed by atoms with van der Waals surface area (Å²) in [6, 6.07) is 1.65. The van der Waals surface area contributed by atoms with Crippen molar-refractivity contribution in [2.75, 3.05) is 11.6 Å². The van der Waals surface area contributed by atoms with Gasteiger partial charge in [-0.1, -0.05) is 28.8 Å². The second-order valence-corrected chi connectivity index (χ2v) is 4.85. The first kappa shape index (κ1) is 14.6. The molecular weight excluding hydrogens is 296 g/mol. The van der Waals surface area contributed by atoms with Gasteiger partial charge >= 0.3 is 0 Å². The summed E-state index contributed by atoms with van der Waals surface area (Å²) in [5.74, 6) is -0.503. The molecule has 2 rings (SSSR count). The normalized spacial score (nSPS) is 10.3. The molecule has 9 heteroatoms. The Balaban J connectivity index is 2.48. The van der Waals surface area contributed by atoms with Gasteiger partial charge in [-0.2, -0.15) is 0 Å². The first-order chi connectivity index (χ1) is 9.51. The van der Waals surface area contributed by atoms with E-state index in [1.807, 2.05) is 0 Å². The number of nitrogens with zero attached hydrogens (tertiary/aromatic N) is 3. The van der Waals surface area contributed by atoms with Crippen LogP contribution in [0.15, 0.2) is 23.6 Å². The van der Waals surface area contributed by atoms with Gasteiger partial charge in [0.15, 0.2) is 5.16 Å². The molecule has 2 aromatic heterocycles. The lowest BCUT2D eigenvalue weighted by Gasteiger charge is -2.11. The van der Waals surface area contributed by atoms with E-state index in [1.165, 1.54) is 24.2 Å². The lowest BCUT2D eigenvalue weighted by atomic mass is 9.99. The van der Waals surface area contributed by atoms with Crippen molar-refractivity contribution in [1.29, 1.82) is 0 Å². The third kappa shape index (κ3) is 3.20. The van der Waals surface area contributed by atoms with Gasteiger partial charge < -0.3 is 11.1 Å². The quantitative estimate of drug-likeness (QED) is 0.377. The predicted octanol–water partition coefficient (Wildman–Crippen LogP) is 0.883. The standard InChI is InChI=1S/C11H9BClN5OS/c1-20-11-17-8(13)7(9(14)19)10(18-11)16-6-2-5(12)3-15-4-6/h2-4H,1H3,(H2,14,19)(H,16,17,18). The Kier molecular flexibility index (Phi) is 4.46. The first-order valence-electron chi connectivity index (χ1n) is 5.40. The Labute approximate surface area is 126 Å². The molecule has 0 unspecified atom stereocenters. The number of nitrogens with two attached hydrogens (primary N) is 1. The minimum atomic E-state index is -0.720. The van der Waals surface area contributed by atoms with Crippen molar-refractivity contribution in [3.63, 3.8) is 0 Å². The number of thioether (sulfide) groups is 1. The molecule has 0 saturated carbocycles. The van der Waals surface area contributed by atoms with Crippen molar-refractivity contribution in [3.8, 4) is 0 Å². The molecule has 0 atom stereocenters. The number of anilines is 2. The Morgan fingerprint density at radius 3 is 2.80 bits per heavy atom. The van der Waals surface area contributed by atoms with Crippen LogP contribution in [-0.2, 0) is 0 Å². The van der Waals surface area contributed by atoms with Gasteiger partial charge in [0.25, 0.3) is 5.91 Å². The minimum absolute atomic E-state index is 0.00351. The smallest absolute Gasteiger partial charge is 0.255 e. The van der Waals surface area contributed by atoms with Crippen molar-refractivity contribution in [3.05, 3.63) is 29.2 Å². The molecular formula is C11H9BClN5OS. The van der Waals surface area contributed by atoms with Gasteiger partial charge in [-0.15, -0.1) is 0 Å². The summed E-state index contributed by atoms with van der Waals surface area (Å²) in [5.41, 5.74) is 6.36. The molecule has 3 N–H and O–H groups in total. The van der Waals surface area contributed by atoms with Crippen molar-refractivity contribution in [2.24, 2.45) is 5.73 Å². The molecule has 0 aromatic carbocycles. The highest BCUT2D eigenvalue weighted by Crippen LogP contribution is 2.26. The van der Waals surface area contributed by atoms with Crippen LogP contribution in [0.5, 0.6) is 0 Å². The molecule has 0 spiro atoms. The van der Waals surface area contributed by atoms with E-state index in [0.29, 0.717) is 16.3 Å². The molecule has 0 saturated heterocycles. The lowest BCUT2D eigenvalue weighted by molar-refractivity contribution is 0.100. The van der Waals surface area contributed by atoms with Gasteiger partial charge in [0.2, 0.25) is 0 Å². The molecule has 2 aromatic rings. The van der Waals surface area contributed by atoms with E-state index in [9.17, 15) is 4.79 Å². The van der Waals surface area contributed by atoms with Gasteiger partial charge in [-0.05, 0) is 12.3 Å². The molecule has 0 bridgehead atoms. The maximum absolute atomic E-state index is 11.5. The van der Waals surface area contributed by atoms with E-state index in [0.717, 1.165) is 0 Å². The van der Waals surface area contributed by atoms with E-state index < -0.39 is 5.91 Å². The van der Waals surface area contributed by atoms with Crippen LogP contribution < -0.4 is 16.5 Å². The second kappa shape index (κ2) is 6.10. The number of rotatable bonds is 4. The zero-order valence-corrected chi connectivity index (χ0v) is 12.0. The summed E-state index contributed by atoms with van der Waals surface area (Å²) in [4.78, 5) is 23.6. The molecule has 2 heterocycles. The number of amides is 1. The van der Waals surface area contributed by atoms with Crippen molar-refractivity contribution >= 4 is 54.1 Å². The SMILES string of the molecule is [B]c1cncc(Nc2nc(SC)nc(Cl)c2C(N)=O)c1. The maximum Gasteiger partial charge on any atom is 0.255 e. The minimum Gasteiger partial charge on any atom is -0.365 e. The summed E-state index contributed by atoms with van der Waals surface area (Å²) in [5, 5.41) is 3.33. The molecule has 0 aliphatic rings. The van der Waals surface area contributed by atoms with Crippen LogP contribution in [0.25, 0.3) is 0 Å². The van der Waals surface area contributed by atoms with Gasteiger partial charge in [0.1, 0.15) is 24.4 Å². The number of pyridine rings is 1. The zero-order chi connectivity index (χ0) is 14.7. The molecule has 0 fully saturated rings. The fraction of sp³-hybridized carbons (Fsp3) is 0.0909. The van der Waals surface area contributed by atoms with Crippen LogP contribution in [0.2, 0.25) is 5.15 Å². The van der Waals surface area contributed by atoms with Crippen LogP contribution in [0, 0.1) is 0 Å². The van der Waals surface area contributed by atoms with Gasteiger partial charge in [0, 0.05) is 6.20 Å². The van der Waals surface area contributed by atoms with Crippen LogP contribution in [0.3, 0.4) is 0 Å². The molecule has 1 amide bonds. The van der Waals surface area contributed by atoms with E-state index in [1.54, 1.807) is 12.3 Å².